The highest BCUT2D eigenvalue weighted by Gasteiger charge is 2.45. The first-order valence-corrected chi connectivity index (χ1v) is 12.1. The van der Waals surface area contributed by atoms with Crippen LogP contribution in [0.5, 0.6) is 0 Å². The van der Waals surface area contributed by atoms with Crippen LogP contribution in [0, 0.1) is 0 Å². The molecule has 40 heavy (non-hydrogen) atoms. The van der Waals surface area contributed by atoms with E-state index in [1.807, 2.05) is 0 Å². The van der Waals surface area contributed by atoms with Crippen LogP contribution in [0.1, 0.15) is 66.3 Å². The molecule has 3 atom stereocenters. The zero-order valence-electron chi connectivity index (χ0n) is 21.4. The molecule has 0 saturated heterocycles. The second-order valence-corrected chi connectivity index (χ2v) is 9.18. The van der Waals surface area contributed by atoms with E-state index >= 15 is 0 Å². The average molecular weight is 584 g/mol. The molecule has 0 aliphatic carbocycles. The van der Waals surface area contributed by atoms with E-state index < -0.39 is 70.7 Å². The topological polar surface area (TPSA) is 58.6 Å². The van der Waals surface area contributed by atoms with Crippen molar-refractivity contribution in [3.63, 3.8) is 0 Å². The Labute approximate surface area is 223 Å². The number of carbonyl (C=O) groups excluding carboxylic acids is 2. The lowest BCUT2D eigenvalue weighted by atomic mass is 9.73. The third-order valence-electron chi connectivity index (χ3n) is 6.74. The van der Waals surface area contributed by atoms with Gasteiger partial charge in [0.15, 0.2) is 0 Å². The molecule has 0 spiro atoms. The van der Waals surface area contributed by atoms with E-state index in [1.54, 1.807) is 6.92 Å². The first-order valence-electron chi connectivity index (χ1n) is 12.1. The van der Waals surface area contributed by atoms with E-state index in [0.29, 0.717) is 24.3 Å². The average Bonchev–Trinajstić information content (AvgIpc) is 2.86. The molecule has 1 heterocycles. The maximum atomic E-state index is 13.7. The molecule has 2 aromatic carbocycles. The molecule has 2 amide bonds. The maximum absolute atomic E-state index is 13.7. The number of amides is 2. The van der Waals surface area contributed by atoms with Gasteiger partial charge in [0.1, 0.15) is 0 Å². The predicted molar refractivity (Wildman–Crippen MR) is 126 cm³/mol. The first kappa shape index (κ1) is 31.1. The van der Waals surface area contributed by atoms with E-state index in [1.165, 1.54) is 6.92 Å². The molecule has 5 nitrogen and oxygen atoms in total. The fraction of sp³-hybridized carbons (Fsp3) is 0.462. The van der Waals surface area contributed by atoms with Crippen LogP contribution in [0.15, 0.2) is 36.4 Å². The lowest BCUT2D eigenvalue weighted by molar-refractivity contribution is -0.143. The van der Waals surface area contributed by atoms with Gasteiger partial charge >= 0.3 is 24.6 Å². The number of alkyl halides is 9. The minimum absolute atomic E-state index is 0.0729. The van der Waals surface area contributed by atoms with Crippen molar-refractivity contribution >= 4 is 17.7 Å². The fourth-order valence-corrected chi connectivity index (χ4v) is 4.96. The van der Waals surface area contributed by atoms with Crippen molar-refractivity contribution in [2.24, 2.45) is 0 Å². The minimum Gasteiger partial charge on any atom is -0.449 e. The van der Waals surface area contributed by atoms with E-state index in [2.05, 4.69) is 5.32 Å². The number of rotatable bonds is 5. The highest BCUT2D eigenvalue weighted by atomic mass is 19.4. The zero-order chi connectivity index (χ0) is 30.2. The number of hydrogen-bond acceptors (Lipinski definition) is 3. The molecule has 0 unspecified atom stereocenters. The second kappa shape index (κ2) is 11.2. The van der Waals surface area contributed by atoms with Crippen LogP contribution in [-0.2, 0) is 28.1 Å². The zero-order valence-corrected chi connectivity index (χ0v) is 21.4. The number of carbonyl (C=O) groups is 2. The van der Waals surface area contributed by atoms with Gasteiger partial charge in [0.2, 0.25) is 5.91 Å². The summed E-state index contributed by atoms with van der Waals surface area (Å²) in [5, 5.41) is 2.21. The van der Waals surface area contributed by atoms with Gasteiger partial charge in [-0.2, -0.15) is 39.5 Å². The van der Waals surface area contributed by atoms with Crippen molar-refractivity contribution < 1.29 is 53.8 Å². The third kappa shape index (κ3) is 6.30. The molecule has 3 rings (SSSR count). The van der Waals surface area contributed by atoms with Crippen LogP contribution < -0.4 is 10.2 Å². The Hall–Kier alpha value is -3.45. The minimum atomic E-state index is -5.22. The molecule has 1 aliphatic heterocycles. The number of nitrogens with zero attached hydrogens (tertiary/aromatic N) is 1. The van der Waals surface area contributed by atoms with Crippen molar-refractivity contribution in [3.05, 3.63) is 64.2 Å². The summed E-state index contributed by atoms with van der Waals surface area (Å²) in [6.45, 7) is 3.06. The molecular formula is C26H25F9N2O3. The second-order valence-electron chi connectivity index (χ2n) is 9.18. The van der Waals surface area contributed by atoms with Crippen LogP contribution in [0.25, 0.3) is 0 Å². The van der Waals surface area contributed by atoms with Crippen molar-refractivity contribution in [1.82, 2.24) is 5.32 Å². The number of likely N-dealkylation sites (N-methyl/N-ethyl adjacent to an activating group) is 1. The molecule has 2 aromatic rings. The lowest BCUT2D eigenvalue weighted by Crippen LogP contribution is -2.47. The largest absolute Gasteiger partial charge is 0.449 e. The fourth-order valence-electron chi connectivity index (χ4n) is 4.96. The number of fused-ring (bicyclic) bond motifs is 1. The van der Waals surface area contributed by atoms with Gasteiger partial charge in [0.05, 0.1) is 34.9 Å². The SMILES string of the molecule is CCOC(=O)N1c2ccc(C(F)(F)F)cc2[C@@H]([C@H](C(=O)NC)c2cc(C(F)(F)F)cc(C(F)(F)F)c2)C[C@H]1CC. The lowest BCUT2D eigenvalue weighted by Gasteiger charge is -2.42. The van der Waals surface area contributed by atoms with Gasteiger partial charge in [-0.15, -0.1) is 0 Å². The van der Waals surface area contributed by atoms with Gasteiger partial charge in [-0.25, -0.2) is 4.79 Å². The Morgan fingerprint density at radius 3 is 1.90 bits per heavy atom. The van der Waals surface area contributed by atoms with Crippen molar-refractivity contribution in [2.45, 2.75) is 63.1 Å². The highest BCUT2D eigenvalue weighted by molar-refractivity contribution is 5.92. The Morgan fingerprint density at radius 1 is 0.900 bits per heavy atom. The van der Waals surface area contributed by atoms with Gasteiger partial charge in [-0.1, -0.05) is 6.92 Å². The van der Waals surface area contributed by atoms with Crippen LogP contribution in [0.4, 0.5) is 50.0 Å². The van der Waals surface area contributed by atoms with Gasteiger partial charge in [0.25, 0.3) is 0 Å². The van der Waals surface area contributed by atoms with Crippen LogP contribution in [-0.4, -0.2) is 31.7 Å². The molecule has 0 saturated carbocycles. The molecule has 1 N–H and O–H groups in total. The summed E-state index contributed by atoms with van der Waals surface area (Å²) >= 11 is 0. The van der Waals surface area contributed by atoms with E-state index in [9.17, 15) is 49.1 Å². The summed E-state index contributed by atoms with van der Waals surface area (Å²) in [5.74, 6) is -4.12. The Bertz CT molecular complexity index is 1220. The molecule has 0 fully saturated rings. The third-order valence-corrected chi connectivity index (χ3v) is 6.74. The van der Waals surface area contributed by atoms with Crippen molar-refractivity contribution in [3.8, 4) is 0 Å². The van der Waals surface area contributed by atoms with E-state index in [-0.39, 0.29) is 36.8 Å². The quantitative estimate of drug-likeness (QED) is 0.371. The number of halogens is 9. The molecule has 0 radical (unpaired) electrons. The summed E-state index contributed by atoms with van der Waals surface area (Å²) in [7, 11) is 1.10. The highest BCUT2D eigenvalue weighted by Crippen LogP contribution is 2.49. The van der Waals surface area contributed by atoms with E-state index in [0.717, 1.165) is 18.0 Å². The van der Waals surface area contributed by atoms with Gasteiger partial charge in [-0.3, -0.25) is 9.69 Å². The number of hydrogen-bond donors (Lipinski definition) is 1. The van der Waals surface area contributed by atoms with Crippen LogP contribution >= 0.6 is 0 Å². The Balaban J connectivity index is 2.36. The Kier molecular flexibility index (Phi) is 8.70. The molecule has 1 aliphatic rings. The summed E-state index contributed by atoms with van der Waals surface area (Å²) in [4.78, 5) is 27.0. The maximum Gasteiger partial charge on any atom is 0.416 e. The summed E-state index contributed by atoms with van der Waals surface area (Å²) in [6.07, 6.45) is -16.3. The van der Waals surface area contributed by atoms with E-state index in [4.69, 9.17) is 4.74 Å². The van der Waals surface area contributed by atoms with Gasteiger partial charge < -0.3 is 10.1 Å². The molecular weight excluding hydrogens is 559 g/mol. The summed E-state index contributed by atoms with van der Waals surface area (Å²) < 4.78 is 128. The van der Waals surface area contributed by atoms with Crippen molar-refractivity contribution in [1.29, 1.82) is 0 Å². The number of nitrogens with one attached hydrogen (secondary N) is 1. The monoisotopic (exact) mass is 584 g/mol. The molecule has 220 valence electrons. The summed E-state index contributed by atoms with van der Waals surface area (Å²) in [5.41, 5.74) is -5.54. The smallest absolute Gasteiger partial charge is 0.416 e. The van der Waals surface area contributed by atoms with Crippen molar-refractivity contribution in [2.75, 3.05) is 18.6 Å². The molecule has 0 aromatic heterocycles. The van der Waals surface area contributed by atoms with Gasteiger partial charge in [-0.05, 0) is 67.3 Å². The standard InChI is InChI=1S/C26H25F9N2O3/c1-4-17-12-19(18-11-14(24(27,28)29)6-7-20(18)37(17)23(39)40-5-2)21(22(38)36-3)13-8-15(25(30,31)32)10-16(9-13)26(33,34)35/h6-11,17,19,21H,4-5,12H2,1-3H3,(H,36,38)/t17-,19+,21-/m1/s1. The van der Waals surface area contributed by atoms with Gasteiger partial charge in [0, 0.05) is 19.0 Å². The van der Waals surface area contributed by atoms with Crippen LogP contribution in [0.3, 0.4) is 0 Å². The first-order chi connectivity index (χ1) is 18.4. The normalized spacial score (nSPS) is 18.6. The van der Waals surface area contributed by atoms with Crippen LogP contribution in [0.2, 0.25) is 0 Å². The summed E-state index contributed by atoms with van der Waals surface area (Å²) in [6, 6.07) is 2.22. The number of benzene rings is 2. The number of anilines is 1. The Morgan fingerprint density at radius 2 is 1.45 bits per heavy atom. The predicted octanol–water partition coefficient (Wildman–Crippen LogP) is 7.50. The molecule has 0 bridgehead atoms. The molecule has 14 heteroatoms. The number of ether oxygens (including phenoxy) is 1.